The van der Waals surface area contributed by atoms with E-state index < -0.39 is 0 Å². The predicted molar refractivity (Wildman–Crippen MR) is 71.3 cm³/mol. The van der Waals surface area contributed by atoms with Gasteiger partial charge in [0.15, 0.2) is 11.5 Å². The molecule has 0 spiro atoms. The van der Waals surface area contributed by atoms with E-state index in [4.69, 9.17) is 9.47 Å². The zero-order valence-electron chi connectivity index (χ0n) is 11.4. The first kappa shape index (κ1) is 11.8. The van der Waals surface area contributed by atoms with Crippen molar-refractivity contribution in [3.63, 3.8) is 0 Å². The highest BCUT2D eigenvalue weighted by Gasteiger charge is 2.38. The minimum absolute atomic E-state index is 0.577. The zero-order valence-corrected chi connectivity index (χ0v) is 11.4. The van der Waals surface area contributed by atoms with Crippen LogP contribution in [-0.4, -0.2) is 32.7 Å². The van der Waals surface area contributed by atoms with Crippen molar-refractivity contribution < 1.29 is 9.47 Å². The molecule has 98 valence electrons. The molecule has 0 amide bonds. The second kappa shape index (κ2) is 4.47. The summed E-state index contributed by atoms with van der Waals surface area (Å²) >= 11 is 0. The van der Waals surface area contributed by atoms with E-state index in [0.717, 1.165) is 17.4 Å². The lowest BCUT2D eigenvalue weighted by Crippen LogP contribution is -2.33. The molecule has 1 aliphatic carbocycles. The van der Waals surface area contributed by atoms with Crippen LogP contribution in [-0.2, 0) is 6.42 Å². The van der Waals surface area contributed by atoms with E-state index in [9.17, 15) is 0 Å². The van der Waals surface area contributed by atoms with E-state index in [0.29, 0.717) is 6.04 Å². The second-order valence-corrected chi connectivity index (χ2v) is 5.44. The molecule has 3 rings (SSSR count). The Kier molecular flexibility index (Phi) is 2.94. The summed E-state index contributed by atoms with van der Waals surface area (Å²) in [5, 5.41) is 0. The smallest absolute Gasteiger partial charge is 0.161 e. The maximum atomic E-state index is 5.43. The molecule has 0 N–H and O–H groups in total. The third-order valence-electron chi connectivity index (χ3n) is 4.45. The van der Waals surface area contributed by atoms with Crippen LogP contribution in [0.5, 0.6) is 11.5 Å². The van der Waals surface area contributed by atoms with Gasteiger partial charge in [-0.3, -0.25) is 4.90 Å². The molecule has 3 nitrogen and oxygen atoms in total. The van der Waals surface area contributed by atoms with Gasteiger partial charge in [0.25, 0.3) is 0 Å². The number of benzene rings is 1. The number of fused-ring (bicyclic) bond motifs is 3. The topological polar surface area (TPSA) is 21.7 Å². The van der Waals surface area contributed by atoms with E-state index in [2.05, 4.69) is 24.1 Å². The lowest BCUT2D eigenvalue weighted by atomic mass is 9.90. The molecule has 2 aliphatic rings. The van der Waals surface area contributed by atoms with Gasteiger partial charge in [0.2, 0.25) is 0 Å². The number of methoxy groups -OCH3 is 2. The zero-order chi connectivity index (χ0) is 12.7. The minimum atomic E-state index is 0.577. The predicted octanol–water partition coefficient (Wildman–Crippen LogP) is 2.64. The highest BCUT2D eigenvalue weighted by atomic mass is 16.5. The third kappa shape index (κ3) is 1.69. The summed E-state index contributed by atoms with van der Waals surface area (Å²) in [6.07, 6.45) is 3.85. The second-order valence-electron chi connectivity index (χ2n) is 5.44. The van der Waals surface area contributed by atoms with Crippen LogP contribution in [0.15, 0.2) is 12.1 Å². The Hall–Kier alpha value is -1.22. The summed E-state index contributed by atoms with van der Waals surface area (Å²) in [4.78, 5) is 2.49. The maximum absolute atomic E-state index is 5.43. The van der Waals surface area contributed by atoms with E-state index >= 15 is 0 Å². The standard InChI is InChI=1S/C15H21NO2/c1-16-6-4-5-10-7-11-8-13(17-2)14(18-3)9-12(11)15(10)16/h8-10,15H,4-7H2,1-3H3. The highest BCUT2D eigenvalue weighted by molar-refractivity contribution is 5.51. The normalized spacial score (nSPS) is 26.6. The fourth-order valence-electron chi connectivity index (χ4n) is 3.64. The van der Waals surface area contributed by atoms with Crippen LogP contribution in [0.1, 0.15) is 30.0 Å². The summed E-state index contributed by atoms with van der Waals surface area (Å²) in [5.41, 5.74) is 2.89. The third-order valence-corrected chi connectivity index (χ3v) is 4.45. The van der Waals surface area contributed by atoms with Gasteiger partial charge in [-0.2, -0.15) is 0 Å². The van der Waals surface area contributed by atoms with Crippen molar-refractivity contribution in [1.82, 2.24) is 4.90 Å². The minimum Gasteiger partial charge on any atom is -0.493 e. The van der Waals surface area contributed by atoms with Crippen molar-refractivity contribution >= 4 is 0 Å². The van der Waals surface area contributed by atoms with Gasteiger partial charge < -0.3 is 9.47 Å². The van der Waals surface area contributed by atoms with Crippen LogP contribution in [0.25, 0.3) is 0 Å². The Morgan fingerprint density at radius 2 is 1.89 bits per heavy atom. The fourth-order valence-corrected chi connectivity index (χ4v) is 3.64. The number of likely N-dealkylation sites (tertiary alicyclic amines) is 1. The summed E-state index contributed by atoms with van der Waals surface area (Å²) in [7, 11) is 5.66. The molecule has 0 saturated carbocycles. The number of hydrogen-bond acceptors (Lipinski definition) is 3. The SMILES string of the molecule is COc1cc2c(cc1OC)C1C(CCCN1C)C2. The molecule has 1 heterocycles. The molecular weight excluding hydrogens is 226 g/mol. The van der Waals surface area contributed by atoms with Crippen LogP contribution in [0.2, 0.25) is 0 Å². The number of rotatable bonds is 2. The van der Waals surface area contributed by atoms with Crippen LogP contribution in [0.3, 0.4) is 0 Å². The van der Waals surface area contributed by atoms with E-state index in [-0.39, 0.29) is 0 Å². The van der Waals surface area contributed by atoms with Crippen LogP contribution >= 0.6 is 0 Å². The molecule has 2 atom stereocenters. The first-order chi connectivity index (χ1) is 8.74. The van der Waals surface area contributed by atoms with E-state index in [1.165, 1.54) is 36.9 Å². The molecule has 1 aromatic carbocycles. The average Bonchev–Trinajstić information content (AvgIpc) is 2.75. The molecule has 1 fully saturated rings. The lowest BCUT2D eigenvalue weighted by Gasteiger charge is -2.35. The molecule has 0 radical (unpaired) electrons. The Labute approximate surface area is 109 Å². The quantitative estimate of drug-likeness (QED) is 0.802. The molecule has 2 unspecified atom stereocenters. The molecular formula is C15H21NO2. The molecule has 0 bridgehead atoms. The highest BCUT2D eigenvalue weighted by Crippen LogP contribution is 2.47. The molecule has 0 aromatic heterocycles. The summed E-state index contributed by atoms with van der Waals surface area (Å²) in [6.45, 7) is 1.20. The molecule has 1 saturated heterocycles. The van der Waals surface area contributed by atoms with Crippen molar-refractivity contribution in [2.24, 2.45) is 5.92 Å². The van der Waals surface area contributed by atoms with Gasteiger partial charge in [-0.05, 0) is 62.0 Å². The average molecular weight is 247 g/mol. The molecule has 1 aromatic rings. The molecule has 1 aliphatic heterocycles. The lowest BCUT2D eigenvalue weighted by molar-refractivity contribution is 0.135. The molecule has 18 heavy (non-hydrogen) atoms. The number of hydrogen-bond donors (Lipinski definition) is 0. The van der Waals surface area contributed by atoms with E-state index in [1.807, 2.05) is 0 Å². The van der Waals surface area contributed by atoms with Gasteiger partial charge in [0, 0.05) is 6.04 Å². The van der Waals surface area contributed by atoms with Gasteiger partial charge in [-0.25, -0.2) is 0 Å². The first-order valence-electron chi connectivity index (χ1n) is 6.69. The number of piperidine rings is 1. The Balaban J connectivity index is 2.04. The van der Waals surface area contributed by atoms with Crippen molar-refractivity contribution in [3.05, 3.63) is 23.3 Å². The Morgan fingerprint density at radius 3 is 2.61 bits per heavy atom. The van der Waals surface area contributed by atoms with Gasteiger partial charge in [0.1, 0.15) is 0 Å². The van der Waals surface area contributed by atoms with Gasteiger partial charge in [-0.15, -0.1) is 0 Å². The van der Waals surface area contributed by atoms with Crippen molar-refractivity contribution in [2.45, 2.75) is 25.3 Å². The van der Waals surface area contributed by atoms with Crippen LogP contribution < -0.4 is 9.47 Å². The molecule has 3 heteroatoms. The summed E-state index contributed by atoms with van der Waals surface area (Å²) in [5.74, 6) is 2.49. The van der Waals surface area contributed by atoms with Crippen molar-refractivity contribution in [1.29, 1.82) is 0 Å². The van der Waals surface area contributed by atoms with Crippen LogP contribution in [0.4, 0.5) is 0 Å². The fraction of sp³-hybridized carbons (Fsp3) is 0.600. The van der Waals surface area contributed by atoms with Crippen molar-refractivity contribution in [3.8, 4) is 11.5 Å². The summed E-state index contributed by atoms with van der Waals surface area (Å²) < 4.78 is 10.8. The Bertz CT molecular complexity index is 458. The maximum Gasteiger partial charge on any atom is 0.161 e. The van der Waals surface area contributed by atoms with Gasteiger partial charge in [-0.1, -0.05) is 0 Å². The monoisotopic (exact) mass is 247 g/mol. The number of nitrogens with zero attached hydrogens (tertiary/aromatic N) is 1. The van der Waals surface area contributed by atoms with Crippen molar-refractivity contribution in [2.75, 3.05) is 27.8 Å². The largest absolute Gasteiger partial charge is 0.493 e. The summed E-state index contributed by atoms with van der Waals surface area (Å²) in [6, 6.07) is 4.93. The Morgan fingerprint density at radius 1 is 1.17 bits per heavy atom. The van der Waals surface area contributed by atoms with E-state index in [1.54, 1.807) is 14.2 Å². The van der Waals surface area contributed by atoms with Gasteiger partial charge in [0.05, 0.1) is 14.2 Å². The first-order valence-corrected chi connectivity index (χ1v) is 6.69. The van der Waals surface area contributed by atoms with Crippen LogP contribution in [0, 0.1) is 5.92 Å². The number of ether oxygens (including phenoxy) is 2. The van der Waals surface area contributed by atoms with Gasteiger partial charge >= 0.3 is 0 Å².